The number of benzene rings is 2. The van der Waals surface area contributed by atoms with E-state index in [-0.39, 0.29) is 0 Å². The Morgan fingerprint density at radius 3 is 2.09 bits per heavy atom. The van der Waals surface area contributed by atoms with Gasteiger partial charge in [0, 0.05) is 16.6 Å². The second-order valence-electron chi connectivity index (χ2n) is 4.32. The van der Waals surface area contributed by atoms with Gasteiger partial charge in [0.1, 0.15) is 11.1 Å². The topological polar surface area (TPSA) is 35.8 Å². The van der Waals surface area contributed by atoms with Crippen LogP contribution in [0.15, 0.2) is 66.0 Å². The Morgan fingerprint density at radius 1 is 0.909 bits per heavy atom. The smallest absolute Gasteiger partial charge is 0.111 e. The molecule has 0 aliphatic carbocycles. The summed E-state index contributed by atoms with van der Waals surface area (Å²) >= 11 is 1.56. The lowest BCUT2D eigenvalue weighted by Crippen LogP contribution is -1.89. The van der Waals surface area contributed by atoms with Crippen LogP contribution in [0.1, 0.15) is 19.4 Å². The number of nitrogens with one attached hydrogen (secondary N) is 1. The van der Waals surface area contributed by atoms with Crippen molar-refractivity contribution in [1.29, 1.82) is 5.26 Å². The highest BCUT2D eigenvalue weighted by Gasteiger charge is 2.12. The summed E-state index contributed by atoms with van der Waals surface area (Å²) in [5, 5.41) is 15.7. The third-order valence-electron chi connectivity index (χ3n) is 3.02. The molecule has 1 aromatic heterocycles. The molecule has 0 saturated heterocycles. The molecule has 0 bridgehead atoms. The lowest BCUT2D eigenvalue weighted by atomic mass is 10.1. The van der Waals surface area contributed by atoms with Crippen molar-refractivity contribution in [2.45, 2.75) is 13.8 Å². The molecule has 0 aliphatic heterocycles. The van der Waals surface area contributed by atoms with Gasteiger partial charge < -0.3 is 5.32 Å². The van der Waals surface area contributed by atoms with E-state index < -0.39 is 0 Å². The standard InChI is InChI=1S/C17H12N2S.C2H6/c18-11-15-16(13-7-3-1-4-8-13)12-20-17(15)19-14-9-5-2-6-10-14;1-2/h1-10,12,19H;1-2H3. The van der Waals surface area contributed by atoms with Crippen molar-refractivity contribution >= 4 is 22.0 Å². The van der Waals surface area contributed by atoms with Crippen LogP contribution in [0.4, 0.5) is 10.7 Å². The van der Waals surface area contributed by atoms with Crippen LogP contribution < -0.4 is 5.32 Å². The fourth-order valence-electron chi connectivity index (χ4n) is 2.04. The molecule has 2 aromatic carbocycles. The number of anilines is 2. The normalized spacial score (nSPS) is 9.32. The number of thiophene rings is 1. The Balaban J connectivity index is 0.000000847. The molecule has 0 spiro atoms. The summed E-state index contributed by atoms with van der Waals surface area (Å²) in [4.78, 5) is 0. The van der Waals surface area contributed by atoms with E-state index >= 15 is 0 Å². The van der Waals surface area contributed by atoms with Crippen molar-refractivity contribution in [3.63, 3.8) is 0 Å². The van der Waals surface area contributed by atoms with Crippen LogP contribution in [-0.2, 0) is 0 Å². The molecular formula is C19H18N2S. The molecule has 3 heteroatoms. The first-order chi connectivity index (χ1) is 10.9. The van der Waals surface area contributed by atoms with Crippen molar-refractivity contribution in [3.05, 3.63) is 71.6 Å². The van der Waals surface area contributed by atoms with Crippen LogP contribution in [0.25, 0.3) is 11.1 Å². The third-order valence-corrected chi connectivity index (χ3v) is 3.91. The lowest BCUT2D eigenvalue weighted by molar-refractivity contribution is 1.49. The Morgan fingerprint density at radius 2 is 1.50 bits per heavy atom. The zero-order valence-corrected chi connectivity index (χ0v) is 13.5. The van der Waals surface area contributed by atoms with Crippen molar-refractivity contribution in [1.82, 2.24) is 0 Å². The summed E-state index contributed by atoms with van der Waals surface area (Å²) in [6.45, 7) is 4.00. The molecule has 3 rings (SSSR count). The van der Waals surface area contributed by atoms with Crippen molar-refractivity contribution < 1.29 is 0 Å². The summed E-state index contributed by atoms with van der Waals surface area (Å²) < 4.78 is 0. The summed E-state index contributed by atoms with van der Waals surface area (Å²) in [5.41, 5.74) is 3.74. The minimum absolute atomic E-state index is 0.699. The largest absolute Gasteiger partial charge is 0.346 e. The van der Waals surface area contributed by atoms with E-state index in [0.29, 0.717) is 5.56 Å². The molecule has 2 nitrogen and oxygen atoms in total. The predicted molar refractivity (Wildman–Crippen MR) is 95.5 cm³/mol. The number of hydrogen-bond acceptors (Lipinski definition) is 3. The molecule has 1 heterocycles. The second kappa shape index (κ2) is 8.02. The van der Waals surface area contributed by atoms with Gasteiger partial charge in [-0.15, -0.1) is 11.3 Å². The van der Waals surface area contributed by atoms with Gasteiger partial charge in [-0.25, -0.2) is 0 Å². The highest BCUT2D eigenvalue weighted by molar-refractivity contribution is 7.15. The molecule has 0 saturated carbocycles. The molecule has 1 N–H and O–H groups in total. The van der Waals surface area contributed by atoms with Gasteiger partial charge in [0.25, 0.3) is 0 Å². The Hall–Kier alpha value is -2.57. The number of rotatable bonds is 3. The Labute approximate surface area is 135 Å². The summed E-state index contributed by atoms with van der Waals surface area (Å²) in [6.07, 6.45) is 0. The predicted octanol–water partition coefficient (Wildman–Crippen LogP) is 6.06. The van der Waals surface area contributed by atoms with E-state index in [0.717, 1.165) is 21.8 Å². The molecule has 0 fully saturated rings. The SMILES string of the molecule is CC.N#Cc1c(-c2ccccc2)csc1Nc1ccccc1. The van der Waals surface area contributed by atoms with Gasteiger partial charge in [-0.3, -0.25) is 0 Å². The van der Waals surface area contributed by atoms with E-state index in [2.05, 4.69) is 11.4 Å². The van der Waals surface area contributed by atoms with Crippen LogP contribution in [0.2, 0.25) is 0 Å². The van der Waals surface area contributed by atoms with Gasteiger partial charge in [-0.2, -0.15) is 5.26 Å². The van der Waals surface area contributed by atoms with Crippen LogP contribution in [-0.4, -0.2) is 0 Å². The van der Waals surface area contributed by atoms with Crippen LogP contribution in [0.5, 0.6) is 0 Å². The summed E-state index contributed by atoms with van der Waals surface area (Å²) in [6, 6.07) is 22.2. The number of nitrogens with zero attached hydrogens (tertiary/aromatic N) is 1. The summed E-state index contributed by atoms with van der Waals surface area (Å²) in [5.74, 6) is 0. The minimum atomic E-state index is 0.699. The fraction of sp³-hybridized carbons (Fsp3) is 0.105. The molecule has 110 valence electrons. The Kier molecular flexibility index (Phi) is 5.76. The fourth-order valence-corrected chi connectivity index (χ4v) is 2.98. The number of para-hydroxylation sites is 1. The van der Waals surface area contributed by atoms with E-state index in [9.17, 15) is 5.26 Å². The zero-order chi connectivity index (χ0) is 15.8. The highest BCUT2D eigenvalue weighted by Crippen LogP contribution is 2.36. The Bertz CT molecular complexity index is 740. The van der Waals surface area contributed by atoms with Crippen LogP contribution >= 0.6 is 11.3 Å². The van der Waals surface area contributed by atoms with E-state index in [4.69, 9.17) is 0 Å². The monoisotopic (exact) mass is 306 g/mol. The van der Waals surface area contributed by atoms with Gasteiger partial charge in [-0.05, 0) is 17.7 Å². The molecule has 0 unspecified atom stereocenters. The molecular weight excluding hydrogens is 288 g/mol. The minimum Gasteiger partial charge on any atom is -0.346 e. The quantitative estimate of drug-likeness (QED) is 0.638. The van der Waals surface area contributed by atoms with E-state index in [1.807, 2.05) is 79.9 Å². The van der Waals surface area contributed by atoms with Gasteiger partial charge in [0.2, 0.25) is 0 Å². The zero-order valence-electron chi connectivity index (χ0n) is 12.7. The first-order valence-corrected chi connectivity index (χ1v) is 8.15. The maximum Gasteiger partial charge on any atom is 0.111 e. The number of hydrogen-bond donors (Lipinski definition) is 1. The maximum atomic E-state index is 9.44. The molecule has 0 radical (unpaired) electrons. The van der Waals surface area contributed by atoms with Crippen LogP contribution in [0.3, 0.4) is 0 Å². The van der Waals surface area contributed by atoms with Crippen LogP contribution in [0, 0.1) is 11.3 Å². The molecule has 0 aliphatic rings. The third kappa shape index (κ3) is 3.55. The van der Waals surface area contributed by atoms with Gasteiger partial charge >= 0.3 is 0 Å². The average molecular weight is 306 g/mol. The lowest BCUT2D eigenvalue weighted by Gasteiger charge is -2.04. The van der Waals surface area contributed by atoms with Gasteiger partial charge in [0.15, 0.2) is 0 Å². The second-order valence-corrected chi connectivity index (χ2v) is 5.20. The number of nitriles is 1. The summed E-state index contributed by atoms with van der Waals surface area (Å²) in [7, 11) is 0. The van der Waals surface area contributed by atoms with Crippen molar-refractivity contribution in [3.8, 4) is 17.2 Å². The maximum absolute atomic E-state index is 9.44. The molecule has 3 aromatic rings. The van der Waals surface area contributed by atoms with Gasteiger partial charge in [0.05, 0.1) is 5.56 Å². The van der Waals surface area contributed by atoms with E-state index in [1.165, 1.54) is 0 Å². The first-order valence-electron chi connectivity index (χ1n) is 7.27. The van der Waals surface area contributed by atoms with Gasteiger partial charge in [-0.1, -0.05) is 62.4 Å². The molecule has 0 atom stereocenters. The average Bonchev–Trinajstić information content (AvgIpc) is 3.01. The van der Waals surface area contributed by atoms with Crippen molar-refractivity contribution in [2.24, 2.45) is 0 Å². The highest BCUT2D eigenvalue weighted by atomic mass is 32.1. The van der Waals surface area contributed by atoms with Crippen molar-refractivity contribution in [2.75, 3.05) is 5.32 Å². The van der Waals surface area contributed by atoms with E-state index in [1.54, 1.807) is 11.3 Å². The molecule has 22 heavy (non-hydrogen) atoms. The first kappa shape index (κ1) is 15.8. The molecule has 0 amide bonds.